The van der Waals surface area contributed by atoms with Crippen molar-refractivity contribution in [1.82, 2.24) is 9.78 Å². The van der Waals surface area contributed by atoms with E-state index in [4.69, 9.17) is 4.74 Å². The van der Waals surface area contributed by atoms with Gasteiger partial charge in [-0.25, -0.2) is 4.68 Å². The fourth-order valence-corrected chi connectivity index (χ4v) is 3.43. The minimum atomic E-state index is -0.308. The molecule has 2 aromatic rings. The van der Waals surface area contributed by atoms with Crippen LogP contribution in [0.2, 0.25) is 0 Å². The van der Waals surface area contributed by atoms with Gasteiger partial charge in [-0.3, -0.25) is 4.79 Å². The number of nitrogens with zero attached hydrogens (tertiary/aromatic N) is 3. The molecule has 1 N–H and O–H groups in total. The number of Topliss-reactive ketones (excluding diaryl/α,β-unsaturated/α-hetero) is 1. The molecule has 1 unspecified atom stereocenters. The molecular weight excluding hydrogens is 304 g/mol. The first-order valence-electron chi connectivity index (χ1n) is 7.87. The van der Waals surface area contributed by atoms with E-state index in [-0.39, 0.29) is 11.8 Å². The number of anilines is 1. The molecule has 0 amide bonds. The van der Waals surface area contributed by atoms with E-state index in [1.54, 1.807) is 18.0 Å². The average molecular weight is 320 g/mol. The van der Waals surface area contributed by atoms with Crippen molar-refractivity contribution in [2.24, 2.45) is 0 Å². The molecule has 120 valence electrons. The van der Waals surface area contributed by atoms with Gasteiger partial charge < -0.3 is 10.1 Å². The van der Waals surface area contributed by atoms with Crippen LogP contribution in [0.5, 0.6) is 5.75 Å². The Kier molecular flexibility index (Phi) is 3.35. The summed E-state index contributed by atoms with van der Waals surface area (Å²) < 4.78 is 6.96. The molecule has 1 aromatic heterocycles. The Balaban J connectivity index is 1.90. The molecule has 1 aliphatic carbocycles. The average Bonchev–Trinajstić information content (AvgIpc) is 3.03. The summed E-state index contributed by atoms with van der Waals surface area (Å²) in [7, 11) is 1.62. The van der Waals surface area contributed by atoms with Gasteiger partial charge in [-0.2, -0.15) is 10.4 Å². The monoisotopic (exact) mass is 320 g/mol. The second kappa shape index (κ2) is 5.53. The predicted molar refractivity (Wildman–Crippen MR) is 87.6 cm³/mol. The molecule has 24 heavy (non-hydrogen) atoms. The van der Waals surface area contributed by atoms with E-state index < -0.39 is 0 Å². The lowest BCUT2D eigenvalue weighted by molar-refractivity contribution is -0.116. The Hall–Kier alpha value is -3.07. The van der Waals surface area contributed by atoms with Crippen LogP contribution in [0.25, 0.3) is 0 Å². The molecule has 6 heteroatoms. The minimum Gasteiger partial charge on any atom is -0.497 e. The van der Waals surface area contributed by atoms with Gasteiger partial charge >= 0.3 is 0 Å². The Morgan fingerprint density at radius 2 is 2.12 bits per heavy atom. The van der Waals surface area contributed by atoms with Gasteiger partial charge in [0.15, 0.2) is 5.78 Å². The second-order valence-electron chi connectivity index (χ2n) is 5.93. The topological polar surface area (TPSA) is 79.9 Å². The minimum absolute atomic E-state index is 0.143. The number of nitrogens with one attached hydrogen (secondary N) is 1. The van der Waals surface area contributed by atoms with Crippen molar-refractivity contribution >= 4 is 11.6 Å². The molecule has 2 aliphatic rings. The molecule has 0 radical (unpaired) electrons. The van der Waals surface area contributed by atoms with Crippen LogP contribution < -0.4 is 10.1 Å². The van der Waals surface area contributed by atoms with Crippen LogP contribution in [0.4, 0.5) is 5.82 Å². The van der Waals surface area contributed by atoms with Gasteiger partial charge in [0, 0.05) is 17.7 Å². The quantitative estimate of drug-likeness (QED) is 0.920. The highest BCUT2D eigenvalue weighted by Gasteiger charge is 2.36. The summed E-state index contributed by atoms with van der Waals surface area (Å²) in [6.07, 6.45) is 3.73. The largest absolute Gasteiger partial charge is 0.497 e. The van der Waals surface area contributed by atoms with Crippen LogP contribution in [0, 0.1) is 11.3 Å². The van der Waals surface area contributed by atoms with E-state index in [1.165, 1.54) is 0 Å². The van der Waals surface area contributed by atoms with Crippen molar-refractivity contribution < 1.29 is 9.53 Å². The Morgan fingerprint density at radius 3 is 2.83 bits per heavy atom. The molecule has 6 nitrogen and oxygen atoms in total. The smallest absolute Gasteiger partial charge is 0.163 e. The molecular formula is C18H16N4O2. The maximum atomic E-state index is 12.6. The zero-order chi connectivity index (χ0) is 16.7. The molecule has 1 atom stereocenters. The summed E-state index contributed by atoms with van der Waals surface area (Å²) in [5.41, 5.74) is 3.11. The maximum Gasteiger partial charge on any atom is 0.163 e. The number of aromatic nitrogens is 2. The van der Waals surface area contributed by atoms with Gasteiger partial charge in [0.05, 0.1) is 13.3 Å². The number of hydrogen-bond donors (Lipinski definition) is 1. The standard InChI is InChI=1S/C18H16N4O2/c1-24-13-7-5-11(6-8-13)17-16-14(3-2-4-15(16)23)21-18-12(9-19)10-20-22(17)18/h5-8,10,17,21H,2-4H2,1H3. The van der Waals surface area contributed by atoms with E-state index in [2.05, 4.69) is 16.5 Å². The highest BCUT2D eigenvalue weighted by molar-refractivity contribution is 5.99. The molecule has 1 aliphatic heterocycles. The summed E-state index contributed by atoms with van der Waals surface area (Å²) >= 11 is 0. The number of rotatable bonds is 2. The first kappa shape index (κ1) is 14.5. The summed E-state index contributed by atoms with van der Waals surface area (Å²) in [4.78, 5) is 12.6. The van der Waals surface area contributed by atoms with Crippen molar-refractivity contribution in [3.63, 3.8) is 0 Å². The lowest BCUT2D eigenvalue weighted by atomic mass is 9.85. The number of ketones is 1. The number of allylic oxidation sites excluding steroid dienone is 2. The molecule has 2 heterocycles. The third-order valence-corrected chi connectivity index (χ3v) is 4.59. The SMILES string of the molecule is COc1ccc(C2C3=C(CCCC3=O)Nc3c(C#N)cnn32)cc1. The lowest BCUT2D eigenvalue weighted by Crippen LogP contribution is -2.31. The van der Waals surface area contributed by atoms with Gasteiger partial charge in [-0.15, -0.1) is 0 Å². The van der Waals surface area contributed by atoms with Crippen LogP contribution >= 0.6 is 0 Å². The van der Waals surface area contributed by atoms with Crippen molar-refractivity contribution in [3.05, 3.63) is 52.9 Å². The summed E-state index contributed by atoms with van der Waals surface area (Å²) in [6.45, 7) is 0. The van der Waals surface area contributed by atoms with Crippen molar-refractivity contribution in [1.29, 1.82) is 5.26 Å². The van der Waals surface area contributed by atoms with Gasteiger partial charge in [0.25, 0.3) is 0 Å². The van der Waals surface area contributed by atoms with Crippen LogP contribution in [-0.4, -0.2) is 22.7 Å². The fraction of sp³-hybridized carbons (Fsp3) is 0.278. The fourth-order valence-electron chi connectivity index (χ4n) is 3.43. The number of nitriles is 1. The van der Waals surface area contributed by atoms with Gasteiger partial charge in [0.2, 0.25) is 0 Å². The molecule has 1 aromatic carbocycles. The van der Waals surface area contributed by atoms with Gasteiger partial charge in [-0.05, 0) is 30.5 Å². The van der Waals surface area contributed by atoms with Gasteiger partial charge in [0.1, 0.15) is 29.2 Å². The number of methoxy groups -OCH3 is 1. The van der Waals surface area contributed by atoms with Crippen LogP contribution in [-0.2, 0) is 4.79 Å². The first-order valence-corrected chi connectivity index (χ1v) is 7.87. The first-order chi connectivity index (χ1) is 11.7. The Labute approximate surface area is 139 Å². The predicted octanol–water partition coefficient (Wildman–Crippen LogP) is 2.79. The van der Waals surface area contributed by atoms with E-state index in [0.717, 1.165) is 35.4 Å². The Morgan fingerprint density at radius 1 is 1.33 bits per heavy atom. The summed E-state index contributed by atoms with van der Waals surface area (Å²) in [6, 6.07) is 9.49. The van der Waals surface area contributed by atoms with Crippen LogP contribution in [0.3, 0.4) is 0 Å². The van der Waals surface area contributed by atoms with Crippen LogP contribution in [0.15, 0.2) is 41.7 Å². The molecule has 0 bridgehead atoms. The van der Waals surface area contributed by atoms with E-state index >= 15 is 0 Å². The van der Waals surface area contributed by atoms with E-state index in [9.17, 15) is 10.1 Å². The van der Waals surface area contributed by atoms with Crippen LogP contribution in [0.1, 0.15) is 36.4 Å². The van der Waals surface area contributed by atoms with E-state index in [1.807, 2.05) is 24.3 Å². The molecule has 0 saturated carbocycles. The summed E-state index contributed by atoms with van der Waals surface area (Å²) in [5.74, 6) is 1.56. The Bertz CT molecular complexity index is 887. The lowest BCUT2D eigenvalue weighted by Gasteiger charge is -2.33. The zero-order valence-corrected chi connectivity index (χ0v) is 13.2. The summed E-state index contributed by atoms with van der Waals surface area (Å²) in [5, 5.41) is 16.9. The normalized spacial score (nSPS) is 19.2. The molecule has 4 rings (SSSR count). The second-order valence-corrected chi connectivity index (χ2v) is 5.93. The third kappa shape index (κ3) is 2.09. The number of hydrogen-bond acceptors (Lipinski definition) is 5. The molecule has 0 saturated heterocycles. The highest BCUT2D eigenvalue weighted by Crippen LogP contribution is 2.41. The van der Waals surface area contributed by atoms with Gasteiger partial charge in [-0.1, -0.05) is 12.1 Å². The van der Waals surface area contributed by atoms with Crippen molar-refractivity contribution in [2.45, 2.75) is 25.3 Å². The zero-order valence-electron chi connectivity index (χ0n) is 13.2. The molecule has 0 fully saturated rings. The van der Waals surface area contributed by atoms with Crippen molar-refractivity contribution in [2.75, 3.05) is 12.4 Å². The number of carbonyl (C=O) groups excluding carboxylic acids is 1. The maximum absolute atomic E-state index is 12.6. The number of carbonyl (C=O) groups is 1. The number of ether oxygens (including phenoxy) is 1. The number of fused-ring (bicyclic) bond motifs is 1. The third-order valence-electron chi connectivity index (χ3n) is 4.59. The molecule has 0 spiro atoms. The van der Waals surface area contributed by atoms with Crippen molar-refractivity contribution in [3.8, 4) is 11.8 Å². The number of benzene rings is 1. The highest BCUT2D eigenvalue weighted by atomic mass is 16.5. The van der Waals surface area contributed by atoms with E-state index in [0.29, 0.717) is 17.8 Å².